The fraction of sp³-hybridized carbons (Fsp3) is 0.500. The SMILES string of the molecule is [CH2-]CN=[N-].[Ti+2]. The number of hydrogen-bond donors (Lipinski definition) is 0. The Morgan fingerprint density at radius 2 is 2.00 bits per heavy atom. The van der Waals surface area contributed by atoms with Gasteiger partial charge in [-0.05, 0) is 0 Å². The monoisotopic (exact) mass is 104 g/mol. The van der Waals surface area contributed by atoms with Gasteiger partial charge in [-0.25, -0.2) is 0 Å². The van der Waals surface area contributed by atoms with Gasteiger partial charge in [-0.3, -0.25) is 0 Å². The Bertz CT molecular complexity index is 21.6. The van der Waals surface area contributed by atoms with E-state index in [9.17, 15) is 0 Å². The van der Waals surface area contributed by atoms with E-state index in [0.717, 1.165) is 0 Å². The van der Waals surface area contributed by atoms with Crippen LogP contribution in [-0.2, 0) is 21.7 Å². The first kappa shape index (κ1) is 9.00. The largest absolute Gasteiger partial charge is 2.00 e. The van der Waals surface area contributed by atoms with Crippen LogP contribution in [0.2, 0.25) is 0 Å². The van der Waals surface area contributed by atoms with E-state index in [-0.39, 0.29) is 28.3 Å². The Morgan fingerprint density at radius 3 is 2.00 bits per heavy atom. The molecule has 0 aromatic carbocycles. The molecule has 0 radical (unpaired) electrons. The summed E-state index contributed by atoms with van der Waals surface area (Å²) in [6, 6.07) is 0. The molecular weight excluding hydrogens is 99.9 g/mol. The van der Waals surface area contributed by atoms with E-state index in [4.69, 9.17) is 5.53 Å². The van der Waals surface area contributed by atoms with Crippen molar-refractivity contribution in [2.24, 2.45) is 5.11 Å². The van der Waals surface area contributed by atoms with E-state index in [1.165, 1.54) is 0 Å². The predicted octanol–water partition coefficient (Wildman–Crippen LogP) is 0.840. The molecule has 0 bridgehead atoms. The van der Waals surface area contributed by atoms with Crippen molar-refractivity contribution in [3.05, 3.63) is 12.5 Å². The molecule has 0 heterocycles. The molecule has 0 aliphatic heterocycles. The van der Waals surface area contributed by atoms with E-state index >= 15 is 0 Å². The number of hydrogen-bond acceptors (Lipinski definition) is 1. The van der Waals surface area contributed by atoms with Gasteiger partial charge in [0.15, 0.2) is 0 Å². The molecule has 0 atom stereocenters. The first-order chi connectivity index (χ1) is 1.91. The van der Waals surface area contributed by atoms with E-state index in [1.807, 2.05) is 0 Å². The summed E-state index contributed by atoms with van der Waals surface area (Å²) in [7, 11) is 0. The smallest absolute Gasteiger partial charge is 0.715 e. The first-order valence-corrected chi connectivity index (χ1v) is 1.02. The van der Waals surface area contributed by atoms with Crippen LogP contribution in [0.5, 0.6) is 0 Å². The average Bonchev–Trinajstić information content (AvgIpc) is 1.37. The minimum Gasteiger partial charge on any atom is -0.715 e. The summed E-state index contributed by atoms with van der Waals surface area (Å²) in [4.78, 5) is 0. The maximum Gasteiger partial charge on any atom is 2.00 e. The number of nitrogens with zero attached hydrogens (tertiary/aromatic N) is 2. The van der Waals surface area contributed by atoms with Crippen LogP contribution in [0, 0.1) is 6.92 Å². The first-order valence-electron chi connectivity index (χ1n) is 1.02. The van der Waals surface area contributed by atoms with Gasteiger partial charge in [-0.1, -0.05) is 0 Å². The van der Waals surface area contributed by atoms with Crippen molar-refractivity contribution in [3.8, 4) is 0 Å². The molecule has 0 unspecified atom stereocenters. The normalized spacial score (nSPS) is 5.00. The molecule has 0 rings (SSSR count). The van der Waals surface area contributed by atoms with Crippen LogP contribution < -0.4 is 0 Å². The molecule has 0 fully saturated rings. The second kappa shape index (κ2) is 8.85. The third-order valence-corrected chi connectivity index (χ3v) is 0.1000. The van der Waals surface area contributed by atoms with Crippen LogP contribution >= 0.6 is 0 Å². The van der Waals surface area contributed by atoms with E-state index in [1.54, 1.807) is 0 Å². The van der Waals surface area contributed by atoms with Gasteiger partial charge in [-0.2, -0.15) is 0 Å². The van der Waals surface area contributed by atoms with E-state index < -0.39 is 0 Å². The van der Waals surface area contributed by atoms with Crippen LogP contribution in [0.1, 0.15) is 0 Å². The zero-order valence-corrected chi connectivity index (χ0v) is 4.37. The molecule has 26 valence electrons. The van der Waals surface area contributed by atoms with Crippen LogP contribution in [-0.4, -0.2) is 6.54 Å². The quantitative estimate of drug-likeness (QED) is 0.268. The zero-order chi connectivity index (χ0) is 3.41. The summed E-state index contributed by atoms with van der Waals surface area (Å²) in [6.07, 6.45) is 0. The summed E-state index contributed by atoms with van der Waals surface area (Å²) in [6.45, 7) is 3.44. The topological polar surface area (TPSA) is 34.7 Å². The Hall–Kier alpha value is 0.314. The van der Waals surface area contributed by atoms with Crippen molar-refractivity contribution < 1.29 is 21.7 Å². The van der Waals surface area contributed by atoms with Gasteiger partial charge >= 0.3 is 21.7 Å². The summed E-state index contributed by atoms with van der Waals surface area (Å²) < 4.78 is 0. The Morgan fingerprint density at radius 1 is 1.80 bits per heavy atom. The van der Waals surface area contributed by atoms with Crippen LogP contribution in [0.15, 0.2) is 5.11 Å². The molecule has 0 N–H and O–H groups in total. The molecule has 0 amide bonds. The van der Waals surface area contributed by atoms with Crippen molar-refractivity contribution in [2.45, 2.75) is 0 Å². The summed E-state index contributed by atoms with van der Waals surface area (Å²) in [5.74, 6) is 0. The predicted molar refractivity (Wildman–Crippen MR) is 16.0 cm³/mol. The van der Waals surface area contributed by atoms with Crippen molar-refractivity contribution in [1.29, 1.82) is 0 Å². The zero-order valence-electron chi connectivity index (χ0n) is 2.81. The van der Waals surface area contributed by atoms with E-state index in [0.29, 0.717) is 0 Å². The molecule has 0 spiro atoms. The molecule has 0 aliphatic carbocycles. The van der Waals surface area contributed by atoms with Crippen molar-refractivity contribution >= 4 is 0 Å². The summed E-state index contributed by atoms with van der Waals surface area (Å²) in [5, 5.41) is 2.62. The fourth-order valence-electron chi connectivity index (χ4n) is 0. The minimum atomic E-state index is 0. The van der Waals surface area contributed by atoms with Crippen LogP contribution in [0.4, 0.5) is 0 Å². The van der Waals surface area contributed by atoms with Crippen molar-refractivity contribution in [2.75, 3.05) is 6.54 Å². The molecule has 2 nitrogen and oxygen atoms in total. The molecule has 0 aromatic rings. The Kier molecular flexibility index (Phi) is 15.9. The standard InChI is InChI=1S/C2H4N2.Ti/c1-2-4-3;/h1-2H2;/q-2;+2. The molecule has 0 saturated heterocycles. The van der Waals surface area contributed by atoms with Crippen molar-refractivity contribution in [1.82, 2.24) is 0 Å². The van der Waals surface area contributed by atoms with Crippen molar-refractivity contribution in [3.63, 3.8) is 0 Å². The van der Waals surface area contributed by atoms with Crippen LogP contribution in [0.25, 0.3) is 5.53 Å². The molecular formula is C2H4N2Ti. The van der Waals surface area contributed by atoms with Gasteiger partial charge in [-0.15, -0.1) is 6.54 Å². The van der Waals surface area contributed by atoms with Gasteiger partial charge in [0.25, 0.3) is 0 Å². The third-order valence-electron chi connectivity index (χ3n) is 0.1000. The Labute approximate surface area is 46.3 Å². The van der Waals surface area contributed by atoms with Gasteiger partial charge in [0.2, 0.25) is 0 Å². The fourth-order valence-corrected chi connectivity index (χ4v) is 0. The minimum absolute atomic E-state index is 0. The summed E-state index contributed by atoms with van der Waals surface area (Å²) >= 11 is 0. The maximum absolute atomic E-state index is 7.44. The maximum atomic E-state index is 7.44. The Balaban J connectivity index is 0. The van der Waals surface area contributed by atoms with Gasteiger partial charge < -0.3 is 17.6 Å². The second-order valence-corrected chi connectivity index (χ2v) is 0.365. The van der Waals surface area contributed by atoms with Gasteiger partial charge in [0.05, 0.1) is 0 Å². The third kappa shape index (κ3) is 13.4. The molecule has 3 heteroatoms. The molecule has 0 saturated carbocycles. The molecule has 0 aliphatic rings. The molecule has 5 heavy (non-hydrogen) atoms. The average molecular weight is 104 g/mol. The number of rotatable bonds is 1. The molecule has 0 aromatic heterocycles. The summed E-state index contributed by atoms with van der Waals surface area (Å²) in [5.41, 5.74) is 7.44. The second-order valence-electron chi connectivity index (χ2n) is 0.365. The van der Waals surface area contributed by atoms with Gasteiger partial charge in [0.1, 0.15) is 0 Å². The van der Waals surface area contributed by atoms with Crippen LogP contribution in [0.3, 0.4) is 0 Å². The van der Waals surface area contributed by atoms with Gasteiger partial charge in [0, 0.05) is 0 Å². The van der Waals surface area contributed by atoms with E-state index in [2.05, 4.69) is 12.0 Å².